The molecule has 1 heterocycles. The normalized spacial score (nSPS) is 15.1. The van der Waals surface area contributed by atoms with E-state index in [9.17, 15) is 9.59 Å². The van der Waals surface area contributed by atoms with Crippen molar-refractivity contribution < 1.29 is 14.3 Å². The molecule has 0 unspecified atom stereocenters. The Bertz CT molecular complexity index is 983. The molecule has 0 aliphatic carbocycles. The lowest BCUT2D eigenvalue weighted by Crippen LogP contribution is -2.41. The SMILES string of the molecule is CC(C)OC(=O)Nc1cccc(C2CCN(CCCNC(=O)C(C)(C)c3ccc(Cl)cc3)CC2)c1. The third-order valence-corrected chi connectivity index (χ3v) is 6.86. The Morgan fingerprint density at radius 3 is 2.46 bits per heavy atom. The highest BCUT2D eigenvalue weighted by Gasteiger charge is 2.29. The van der Waals surface area contributed by atoms with E-state index in [0.717, 1.165) is 50.1 Å². The van der Waals surface area contributed by atoms with Crippen LogP contribution in [0, 0.1) is 0 Å². The molecule has 2 aromatic rings. The number of carbonyl (C=O) groups is 2. The second-order valence-corrected chi connectivity index (χ2v) is 10.5. The number of nitrogens with one attached hydrogen (secondary N) is 2. The fourth-order valence-electron chi connectivity index (χ4n) is 4.44. The Morgan fingerprint density at radius 2 is 1.80 bits per heavy atom. The number of anilines is 1. The molecular weight excluding hydrogens is 462 g/mol. The van der Waals surface area contributed by atoms with Gasteiger partial charge in [0.15, 0.2) is 0 Å². The van der Waals surface area contributed by atoms with E-state index in [1.54, 1.807) is 0 Å². The predicted molar refractivity (Wildman–Crippen MR) is 142 cm³/mol. The second-order valence-electron chi connectivity index (χ2n) is 10.1. The zero-order valence-corrected chi connectivity index (χ0v) is 22.0. The summed E-state index contributed by atoms with van der Waals surface area (Å²) in [6.45, 7) is 11.2. The molecule has 3 rings (SSSR count). The standard InChI is InChI=1S/C28H38ClN3O3/c1-20(2)35-27(34)31-25-8-5-7-22(19-25)21-13-17-32(18-14-21)16-6-15-30-26(33)28(3,4)23-9-11-24(29)12-10-23/h5,7-12,19-21H,6,13-18H2,1-4H3,(H,30,33)(H,31,34). The Kier molecular flexibility index (Phi) is 9.58. The number of rotatable bonds is 9. The summed E-state index contributed by atoms with van der Waals surface area (Å²) < 4.78 is 5.17. The molecule has 0 bridgehead atoms. The molecule has 2 aromatic carbocycles. The van der Waals surface area contributed by atoms with Crippen LogP contribution in [0.4, 0.5) is 10.5 Å². The summed E-state index contributed by atoms with van der Waals surface area (Å²) >= 11 is 5.98. The third-order valence-electron chi connectivity index (χ3n) is 6.60. The minimum atomic E-state index is -0.599. The number of likely N-dealkylation sites (tertiary alicyclic amines) is 1. The Morgan fingerprint density at radius 1 is 1.11 bits per heavy atom. The molecule has 0 atom stereocenters. The van der Waals surface area contributed by atoms with E-state index < -0.39 is 11.5 Å². The first kappa shape index (κ1) is 27.0. The average Bonchev–Trinajstić information content (AvgIpc) is 2.82. The van der Waals surface area contributed by atoms with Gasteiger partial charge < -0.3 is 15.0 Å². The van der Waals surface area contributed by atoms with E-state index >= 15 is 0 Å². The lowest BCUT2D eigenvalue weighted by atomic mass is 9.84. The number of carbonyl (C=O) groups excluding carboxylic acids is 2. The largest absolute Gasteiger partial charge is 0.447 e. The van der Waals surface area contributed by atoms with Gasteiger partial charge in [0.25, 0.3) is 0 Å². The molecule has 6 nitrogen and oxygen atoms in total. The van der Waals surface area contributed by atoms with Gasteiger partial charge in [0.05, 0.1) is 11.5 Å². The number of ether oxygens (including phenoxy) is 1. The number of amides is 2. The van der Waals surface area contributed by atoms with Gasteiger partial charge in [0, 0.05) is 17.3 Å². The summed E-state index contributed by atoms with van der Waals surface area (Å²) in [5.74, 6) is 0.512. The minimum absolute atomic E-state index is 0.0318. The fraction of sp³-hybridized carbons (Fsp3) is 0.500. The molecule has 2 amide bonds. The van der Waals surface area contributed by atoms with Gasteiger partial charge in [-0.1, -0.05) is 35.9 Å². The molecule has 2 N–H and O–H groups in total. The second kappa shape index (κ2) is 12.4. The fourth-order valence-corrected chi connectivity index (χ4v) is 4.57. The molecule has 35 heavy (non-hydrogen) atoms. The van der Waals surface area contributed by atoms with Crippen molar-refractivity contribution in [2.24, 2.45) is 0 Å². The maximum Gasteiger partial charge on any atom is 0.411 e. The predicted octanol–water partition coefficient (Wildman–Crippen LogP) is 5.96. The van der Waals surface area contributed by atoms with Crippen molar-refractivity contribution >= 4 is 29.3 Å². The number of benzene rings is 2. The van der Waals surface area contributed by atoms with Crippen LogP contribution in [-0.4, -0.2) is 49.2 Å². The molecule has 1 saturated heterocycles. The highest BCUT2D eigenvalue weighted by Crippen LogP contribution is 2.30. The average molecular weight is 500 g/mol. The van der Waals surface area contributed by atoms with Crippen molar-refractivity contribution in [2.45, 2.75) is 64.4 Å². The van der Waals surface area contributed by atoms with Crippen LogP contribution in [-0.2, 0) is 14.9 Å². The summed E-state index contributed by atoms with van der Waals surface area (Å²) in [4.78, 5) is 27.1. The first-order valence-corrected chi connectivity index (χ1v) is 12.9. The van der Waals surface area contributed by atoms with Gasteiger partial charge in [-0.2, -0.15) is 0 Å². The highest BCUT2D eigenvalue weighted by atomic mass is 35.5. The molecule has 7 heteroatoms. The van der Waals surface area contributed by atoms with Crippen LogP contribution in [0.15, 0.2) is 48.5 Å². The number of nitrogens with zero attached hydrogens (tertiary/aromatic N) is 1. The highest BCUT2D eigenvalue weighted by molar-refractivity contribution is 6.30. The molecule has 0 radical (unpaired) electrons. The number of piperidine rings is 1. The maximum atomic E-state index is 12.8. The molecule has 1 aliphatic rings. The quantitative estimate of drug-likeness (QED) is 0.417. The summed E-state index contributed by atoms with van der Waals surface area (Å²) in [5.41, 5.74) is 2.38. The lowest BCUT2D eigenvalue weighted by molar-refractivity contribution is -0.125. The molecular formula is C28H38ClN3O3. The van der Waals surface area contributed by atoms with Crippen molar-refractivity contribution in [3.8, 4) is 0 Å². The monoisotopic (exact) mass is 499 g/mol. The van der Waals surface area contributed by atoms with Crippen LogP contribution >= 0.6 is 11.6 Å². The van der Waals surface area contributed by atoms with Gasteiger partial charge in [-0.3, -0.25) is 10.1 Å². The van der Waals surface area contributed by atoms with Crippen LogP contribution in [0.2, 0.25) is 5.02 Å². The summed E-state index contributed by atoms with van der Waals surface area (Å²) in [7, 11) is 0. The first-order valence-electron chi connectivity index (χ1n) is 12.5. The van der Waals surface area contributed by atoms with Crippen molar-refractivity contribution in [1.29, 1.82) is 0 Å². The zero-order valence-electron chi connectivity index (χ0n) is 21.3. The summed E-state index contributed by atoms with van der Waals surface area (Å²) in [5, 5.41) is 6.59. The van der Waals surface area contributed by atoms with Gasteiger partial charge in [0.2, 0.25) is 5.91 Å². The van der Waals surface area contributed by atoms with E-state index in [0.29, 0.717) is 17.5 Å². The molecule has 190 valence electrons. The van der Waals surface area contributed by atoms with Crippen molar-refractivity contribution in [3.05, 3.63) is 64.7 Å². The van der Waals surface area contributed by atoms with Gasteiger partial charge in [0.1, 0.15) is 0 Å². The van der Waals surface area contributed by atoms with Crippen molar-refractivity contribution in [3.63, 3.8) is 0 Å². The Balaban J connectivity index is 1.39. The summed E-state index contributed by atoms with van der Waals surface area (Å²) in [6, 6.07) is 15.5. The van der Waals surface area contributed by atoms with E-state index in [2.05, 4.69) is 27.7 Å². The number of hydrogen-bond donors (Lipinski definition) is 2. The van der Waals surface area contributed by atoms with Gasteiger partial charge in [-0.15, -0.1) is 0 Å². The summed E-state index contributed by atoms with van der Waals surface area (Å²) in [6.07, 6.45) is 2.51. The van der Waals surface area contributed by atoms with Crippen molar-refractivity contribution in [1.82, 2.24) is 10.2 Å². The van der Waals surface area contributed by atoms with Gasteiger partial charge >= 0.3 is 6.09 Å². The van der Waals surface area contributed by atoms with Crippen LogP contribution in [0.3, 0.4) is 0 Å². The molecule has 1 fully saturated rings. The molecule has 0 saturated carbocycles. The van der Waals surface area contributed by atoms with E-state index in [1.165, 1.54) is 5.56 Å². The van der Waals surface area contributed by atoms with E-state index in [4.69, 9.17) is 16.3 Å². The number of hydrogen-bond acceptors (Lipinski definition) is 4. The zero-order chi connectivity index (χ0) is 25.4. The molecule has 0 aromatic heterocycles. The number of halogens is 1. The first-order chi connectivity index (χ1) is 16.6. The van der Waals surface area contributed by atoms with E-state index in [1.807, 2.05) is 64.1 Å². The molecule has 0 spiro atoms. The maximum absolute atomic E-state index is 12.8. The van der Waals surface area contributed by atoms with Crippen LogP contribution in [0.1, 0.15) is 64.0 Å². The van der Waals surface area contributed by atoms with Gasteiger partial charge in [-0.25, -0.2) is 4.79 Å². The van der Waals surface area contributed by atoms with Gasteiger partial charge in [-0.05, 0) is 108 Å². The smallest absolute Gasteiger partial charge is 0.411 e. The molecule has 1 aliphatic heterocycles. The Hall–Kier alpha value is -2.57. The Labute approximate surface area is 214 Å². The van der Waals surface area contributed by atoms with Crippen LogP contribution < -0.4 is 10.6 Å². The van der Waals surface area contributed by atoms with Crippen molar-refractivity contribution in [2.75, 3.05) is 31.5 Å². The third kappa shape index (κ3) is 7.97. The van der Waals surface area contributed by atoms with Crippen LogP contribution in [0.5, 0.6) is 0 Å². The van der Waals surface area contributed by atoms with Crippen LogP contribution in [0.25, 0.3) is 0 Å². The lowest BCUT2D eigenvalue weighted by Gasteiger charge is -2.32. The van der Waals surface area contributed by atoms with E-state index in [-0.39, 0.29) is 12.0 Å². The minimum Gasteiger partial charge on any atom is -0.447 e. The topological polar surface area (TPSA) is 70.7 Å².